The van der Waals surface area contributed by atoms with Crippen molar-refractivity contribution in [2.75, 3.05) is 11.9 Å². The topological polar surface area (TPSA) is 106 Å². The molecular formula is C24H29N5O3S2. The fraction of sp³-hybridized carbons (Fsp3) is 0.458. The number of nitrogens with one attached hydrogen (secondary N) is 2. The van der Waals surface area contributed by atoms with Gasteiger partial charge in [0, 0.05) is 37.1 Å². The van der Waals surface area contributed by atoms with Crippen molar-refractivity contribution in [2.24, 2.45) is 11.8 Å². The van der Waals surface area contributed by atoms with Crippen LogP contribution in [0.5, 0.6) is 0 Å². The molecule has 0 bridgehead atoms. The number of hydrogen-bond acceptors (Lipinski definition) is 6. The van der Waals surface area contributed by atoms with Crippen molar-refractivity contribution in [3.8, 4) is 0 Å². The predicted octanol–water partition coefficient (Wildman–Crippen LogP) is 3.79. The number of amides is 1. The number of anilines is 1. The third-order valence-electron chi connectivity index (χ3n) is 7.17. The van der Waals surface area contributed by atoms with E-state index in [0.717, 1.165) is 24.8 Å². The molecule has 5 rings (SSSR count). The minimum Gasteiger partial charge on any atom is -0.337 e. The minimum absolute atomic E-state index is 0.0346. The Hall–Kier alpha value is -2.56. The average molecular weight is 500 g/mol. The SMILES string of the molecule is O=C(Nc1nccs1)C1(c2ccc(S(=O)(=O)NCCCn3ccnc3)cc2)CC1C1CCCC1. The van der Waals surface area contributed by atoms with Gasteiger partial charge in [-0.25, -0.2) is 23.1 Å². The lowest BCUT2D eigenvalue weighted by atomic mass is 9.87. The van der Waals surface area contributed by atoms with Crippen LogP contribution >= 0.6 is 11.3 Å². The first-order valence-electron chi connectivity index (χ1n) is 11.8. The first-order chi connectivity index (χ1) is 16.5. The molecule has 2 atom stereocenters. The van der Waals surface area contributed by atoms with Crippen LogP contribution in [0, 0.1) is 11.8 Å². The summed E-state index contributed by atoms with van der Waals surface area (Å²) in [4.78, 5) is 21.8. The maximum absolute atomic E-state index is 13.4. The summed E-state index contributed by atoms with van der Waals surface area (Å²) in [5, 5.41) is 5.44. The van der Waals surface area contributed by atoms with Gasteiger partial charge in [0.25, 0.3) is 0 Å². The molecule has 2 aliphatic carbocycles. The van der Waals surface area contributed by atoms with Crippen LogP contribution in [0.4, 0.5) is 5.13 Å². The molecule has 10 heteroatoms. The molecule has 2 unspecified atom stereocenters. The Morgan fingerprint density at radius 2 is 1.97 bits per heavy atom. The molecule has 2 aliphatic rings. The maximum Gasteiger partial charge on any atom is 0.240 e. The van der Waals surface area contributed by atoms with Crippen molar-refractivity contribution in [1.82, 2.24) is 19.3 Å². The van der Waals surface area contributed by atoms with Crippen molar-refractivity contribution in [3.05, 3.63) is 60.1 Å². The van der Waals surface area contributed by atoms with Crippen molar-refractivity contribution >= 4 is 32.4 Å². The van der Waals surface area contributed by atoms with E-state index in [-0.39, 0.29) is 10.8 Å². The number of thiazole rings is 1. The van der Waals surface area contributed by atoms with Crippen LogP contribution in [0.3, 0.4) is 0 Å². The van der Waals surface area contributed by atoms with Gasteiger partial charge in [-0.1, -0.05) is 37.8 Å². The van der Waals surface area contributed by atoms with Gasteiger partial charge in [-0.3, -0.25) is 4.79 Å². The van der Waals surface area contributed by atoms with Crippen LogP contribution in [-0.2, 0) is 26.8 Å². The number of carbonyl (C=O) groups is 1. The summed E-state index contributed by atoms with van der Waals surface area (Å²) >= 11 is 1.40. The van der Waals surface area contributed by atoms with Crippen LogP contribution in [0.1, 0.15) is 44.1 Å². The van der Waals surface area contributed by atoms with Crippen molar-refractivity contribution < 1.29 is 13.2 Å². The molecule has 0 saturated heterocycles. The fourth-order valence-electron chi connectivity index (χ4n) is 5.34. The Balaban J connectivity index is 1.29. The second-order valence-corrected chi connectivity index (χ2v) is 11.9. The van der Waals surface area contributed by atoms with E-state index in [1.54, 1.807) is 30.9 Å². The smallest absolute Gasteiger partial charge is 0.240 e. The highest BCUT2D eigenvalue weighted by molar-refractivity contribution is 7.89. The molecule has 0 spiro atoms. The largest absolute Gasteiger partial charge is 0.337 e. The van der Waals surface area contributed by atoms with Gasteiger partial charge in [0.15, 0.2) is 5.13 Å². The van der Waals surface area contributed by atoms with E-state index in [0.29, 0.717) is 36.5 Å². The number of sulfonamides is 1. The van der Waals surface area contributed by atoms with Crippen LogP contribution in [0.25, 0.3) is 0 Å². The number of aryl methyl sites for hydroxylation is 1. The van der Waals surface area contributed by atoms with Crippen molar-refractivity contribution in [2.45, 2.75) is 55.4 Å². The normalized spacial score (nSPS) is 22.6. The monoisotopic (exact) mass is 499 g/mol. The van der Waals surface area contributed by atoms with E-state index >= 15 is 0 Å². The number of aromatic nitrogens is 3. The first kappa shape index (κ1) is 23.2. The maximum atomic E-state index is 13.4. The number of hydrogen-bond donors (Lipinski definition) is 2. The van der Waals surface area contributed by atoms with Gasteiger partial charge >= 0.3 is 0 Å². The highest BCUT2D eigenvalue weighted by Gasteiger charge is 2.63. The summed E-state index contributed by atoms with van der Waals surface area (Å²) in [6.07, 6.45) is 13.2. The number of carbonyl (C=O) groups excluding carboxylic acids is 1. The summed E-state index contributed by atoms with van der Waals surface area (Å²) in [6, 6.07) is 6.87. The third-order valence-corrected chi connectivity index (χ3v) is 9.33. The molecular weight excluding hydrogens is 470 g/mol. The Labute approximate surface area is 203 Å². The van der Waals surface area contributed by atoms with E-state index in [4.69, 9.17) is 0 Å². The highest BCUT2D eigenvalue weighted by atomic mass is 32.2. The standard InChI is InChI=1S/C24H29N5O3S2/c30-22(28-23-26-12-15-33-23)24(16-21(24)18-4-1-2-5-18)19-6-8-20(9-7-19)34(31,32)27-10-3-13-29-14-11-25-17-29/h6-9,11-12,14-15,17-18,21,27H,1-5,10,13,16H2,(H,26,28,30). The van der Waals surface area contributed by atoms with Gasteiger partial charge < -0.3 is 9.88 Å². The minimum atomic E-state index is -3.62. The molecule has 2 aromatic heterocycles. The zero-order chi connectivity index (χ0) is 23.6. The van der Waals surface area contributed by atoms with Gasteiger partial charge in [0.05, 0.1) is 16.6 Å². The molecule has 2 saturated carbocycles. The number of imidazole rings is 1. The molecule has 1 amide bonds. The molecule has 8 nitrogen and oxygen atoms in total. The van der Waals surface area contributed by atoms with Crippen LogP contribution in [0.15, 0.2) is 59.5 Å². The van der Waals surface area contributed by atoms with Crippen molar-refractivity contribution in [3.63, 3.8) is 0 Å². The number of rotatable bonds is 10. The quantitative estimate of drug-likeness (QED) is 0.413. The average Bonchev–Trinajstić information content (AvgIpc) is 3.36. The first-order valence-corrected chi connectivity index (χ1v) is 14.1. The lowest BCUT2D eigenvalue weighted by Gasteiger charge is -2.20. The Morgan fingerprint density at radius 1 is 1.18 bits per heavy atom. The van der Waals surface area contributed by atoms with Crippen LogP contribution in [-0.4, -0.2) is 35.4 Å². The summed E-state index contributed by atoms with van der Waals surface area (Å²) in [5.41, 5.74) is 0.277. The van der Waals surface area contributed by atoms with Crippen molar-refractivity contribution in [1.29, 1.82) is 0 Å². The Kier molecular flexibility index (Phi) is 6.54. The molecule has 3 aromatic rings. The molecule has 2 heterocycles. The summed E-state index contributed by atoms with van der Waals surface area (Å²) in [6.45, 7) is 1.03. The summed E-state index contributed by atoms with van der Waals surface area (Å²) in [5.74, 6) is 0.800. The Morgan fingerprint density at radius 3 is 2.65 bits per heavy atom. The highest BCUT2D eigenvalue weighted by Crippen LogP contribution is 2.61. The van der Waals surface area contributed by atoms with Gasteiger partial charge in [-0.2, -0.15) is 0 Å². The van der Waals surface area contributed by atoms with Gasteiger partial charge in [0.1, 0.15) is 0 Å². The molecule has 0 radical (unpaired) electrons. The second-order valence-electron chi connectivity index (χ2n) is 9.19. The van der Waals surface area contributed by atoms with E-state index in [1.807, 2.05) is 28.3 Å². The summed E-state index contributed by atoms with van der Waals surface area (Å²) < 4.78 is 30.1. The second kappa shape index (κ2) is 9.59. The van der Waals surface area contributed by atoms with Gasteiger partial charge in [-0.05, 0) is 42.4 Å². The van der Waals surface area contributed by atoms with Crippen LogP contribution in [0.2, 0.25) is 0 Å². The van der Waals surface area contributed by atoms with E-state index in [9.17, 15) is 13.2 Å². The number of nitrogens with zero attached hydrogens (tertiary/aromatic N) is 3. The zero-order valence-corrected chi connectivity index (χ0v) is 20.5. The van der Waals surface area contributed by atoms with Gasteiger partial charge in [-0.15, -0.1) is 11.3 Å². The molecule has 1 aromatic carbocycles. The molecule has 180 valence electrons. The van der Waals surface area contributed by atoms with Crippen LogP contribution < -0.4 is 10.0 Å². The Bertz CT molecular complexity index is 1200. The molecule has 34 heavy (non-hydrogen) atoms. The molecule has 2 N–H and O–H groups in total. The lowest BCUT2D eigenvalue weighted by molar-refractivity contribution is -0.119. The van der Waals surface area contributed by atoms with E-state index in [1.165, 1.54) is 24.2 Å². The number of benzene rings is 1. The molecule has 0 aliphatic heterocycles. The fourth-order valence-corrected chi connectivity index (χ4v) is 6.93. The summed E-state index contributed by atoms with van der Waals surface area (Å²) in [7, 11) is -3.62. The zero-order valence-electron chi connectivity index (χ0n) is 18.9. The predicted molar refractivity (Wildman–Crippen MR) is 131 cm³/mol. The van der Waals surface area contributed by atoms with Gasteiger partial charge in [0.2, 0.25) is 15.9 Å². The lowest BCUT2D eigenvalue weighted by Crippen LogP contribution is -2.31. The van der Waals surface area contributed by atoms with E-state index < -0.39 is 15.4 Å². The molecule has 2 fully saturated rings. The third kappa shape index (κ3) is 4.67. The van der Waals surface area contributed by atoms with E-state index in [2.05, 4.69) is 20.0 Å².